The van der Waals surface area contributed by atoms with Crippen LogP contribution < -0.4 is 10.1 Å². The fourth-order valence-corrected chi connectivity index (χ4v) is 3.12. The molecule has 1 aromatic carbocycles. The van der Waals surface area contributed by atoms with Crippen LogP contribution in [0.2, 0.25) is 0 Å². The number of hydrogen-bond donors (Lipinski definition) is 1. The van der Waals surface area contributed by atoms with Gasteiger partial charge in [0, 0.05) is 23.7 Å². The molecule has 1 saturated carbocycles. The van der Waals surface area contributed by atoms with Gasteiger partial charge in [0.2, 0.25) is 11.9 Å². The molecule has 29 heavy (non-hydrogen) atoms. The molecule has 0 saturated heterocycles. The van der Waals surface area contributed by atoms with Crippen LogP contribution in [-0.2, 0) is 11.4 Å². The molecule has 0 atom stereocenters. The van der Waals surface area contributed by atoms with Gasteiger partial charge in [0.1, 0.15) is 23.8 Å². The topological polar surface area (TPSA) is 94.6 Å². The fraction of sp³-hybridized carbons (Fsp3) is 0.238. The largest absolute Gasteiger partial charge is 0.487 e. The average molecular weight is 389 g/mol. The van der Waals surface area contributed by atoms with Gasteiger partial charge in [0.05, 0.1) is 0 Å². The first-order chi connectivity index (χ1) is 14.2. The molecule has 0 unspecified atom stereocenters. The zero-order valence-corrected chi connectivity index (χ0v) is 15.8. The Bertz CT molecular complexity index is 1170. The van der Waals surface area contributed by atoms with Gasteiger partial charge < -0.3 is 9.26 Å². The van der Waals surface area contributed by atoms with Crippen LogP contribution in [0.3, 0.4) is 0 Å². The number of nitrogens with one attached hydrogen (secondary N) is 1. The summed E-state index contributed by atoms with van der Waals surface area (Å²) in [7, 11) is 0. The van der Waals surface area contributed by atoms with Crippen molar-refractivity contribution < 1.29 is 14.1 Å². The molecule has 0 bridgehead atoms. The number of carbonyl (C=O) groups is 1. The van der Waals surface area contributed by atoms with Gasteiger partial charge in [-0.15, -0.1) is 5.10 Å². The Morgan fingerprint density at radius 2 is 2.10 bits per heavy atom. The third-order valence-corrected chi connectivity index (χ3v) is 4.77. The molecule has 1 N–H and O–H groups in total. The summed E-state index contributed by atoms with van der Waals surface area (Å²) in [6.45, 7) is 2.19. The number of carbonyl (C=O) groups excluding carboxylic acids is 1. The predicted octanol–water partition coefficient (Wildman–Crippen LogP) is 3.62. The first kappa shape index (κ1) is 17.4. The highest BCUT2D eigenvalue weighted by Gasteiger charge is 2.30. The minimum atomic E-state index is -0.00809. The van der Waals surface area contributed by atoms with E-state index < -0.39 is 0 Å². The minimum Gasteiger partial charge on any atom is -0.487 e. The van der Waals surface area contributed by atoms with Crippen molar-refractivity contribution in [3.8, 4) is 16.9 Å². The zero-order valence-electron chi connectivity index (χ0n) is 15.8. The second-order valence-corrected chi connectivity index (χ2v) is 7.13. The Morgan fingerprint density at radius 3 is 2.83 bits per heavy atom. The number of pyridine rings is 1. The van der Waals surface area contributed by atoms with Gasteiger partial charge in [-0.1, -0.05) is 17.3 Å². The molecule has 1 amide bonds. The van der Waals surface area contributed by atoms with E-state index in [1.165, 1.54) is 0 Å². The lowest BCUT2D eigenvalue weighted by Crippen LogP contribution is -2.14. The van der Waals surface area contributed by atoms with Crippen LogP contribution in [-0.4, -0.2) is 25.7 Å². The smallest absolute Gasteiger partial charge is 0.249 e. The van der Waals surface area contributed by atoms with E-state index in [0.29, 0.717) is 18.2 Å². The van der Waals surface area contributed by atoms with Crippen LogP contribution in [0.4, 0.5) is 5.95 Å². The van der Waals surface area contributed by atoms with Crippen LogP contribution in [0, 0.1) is 12.8 Å². The summed E-state index contributed by atoms with van der Waals surface area (Å²) in [5.74, 6) is 1.92. The van der Waals surface area contributed by atoms with Gasteiger partial charge >= 0.3 is 0 Å². The number of fused-ring (bicyclic) bond motifs is 1. The van der Waals surface area contributed by atoms with Gasteiger partial charge in [-0.3, -0.25) is 10.1 Å². The number of hydrogen-bond acceptors (Lipinski definition) is 6. The number of ether oxygens (including phenoxy) is 1. The van der Waals surface area contributed by atoms with E-state index >= 15 is 0 Å². The second kappa shape index (κ2) is 7.05. The molecule has 1 fully saturated rings. The fourth-order valence-electron chi connectivity index (χ4n) is 3.12. The van der Waals surface area contributed by atoms with Gasteiger partial charge in [0.15, 0.2) is 5.65 Å². The molecule has 0 aliphatic heterocycles. The Labute approximate surface area is 166 Å². The maximum absolute atomic E-state index is 12.0. The predicted molar refractivity (Wildman–Crippen MR) is 105 cm³/mol. The van der Waals surface area contributed by atoms with Crippen LogP contribution in [0.1, 0.15) is 24.3 Å². The summed E-state index contributed by atoms with van der Waals surface area (Å²) >= 11 is 0. The molecule has 3 aromatic heterocycles. The quantitative estimate of drug-likeness (QED) is 0.541. The maximum Gasteiger partial charge on any atom is 0.249 e. The number of aryl methyl sites for hydroxylation is 1. The Hall–Kier alpha value is -3.68. The highest BCUT2D eigenvalue weighted by atomic mass is 16.5. The molecule has 4 aromatic rings. The lowest BCUT2D eigenvalue weighted by atomic mass is 10.1. The third-order valence-electron chi connectivity index (χ3n) is 4.77. The number of rotatable bonds is 6. The van der Waals surface area contributed by atoms with Gasteiger partial charge in [-0.25, -0.2) is 4.52 Å². The molecule has 0 spiro atoms. The Balaban J connectivity index is 1.35. The maximum atomic E-state index is 12.0. The molecule has 8 nitrogen and oxygen atoms in total. The summed E-state index contributed by atoms with van der Waals surface area (Å²) in [5, 5.41) is 11.1. The van der Waals surface area contributed by atoms with Crippen LogP contribution in [0.5, 0.6) is 5.75 Å². The summed E-state index contributed by atoms with van der Waals surface area (Å²) in [5.41, 5.74) is 3.34. The van der Waals surface area contributed by atoms with Crippen molar-refractivity contribution in [3.05, 3.63) is 60.1 Å². The normalized spacial score (nSPS) is 13.6. The summed E-state index contributed by atoms with van der Waals surface area (Å²) in [4.78, 5) is 16.5. The second-order valence-electron chi connectivity index (χ2n) is 7.13. The third kappa shape index (κ3) is 3.69. The standard InChI is InChI=1S/C21H19N5O3/c1-13-11-16(25-29-13)12-28-17-8-6-14(7-9-17)18-3-2-10-26-19(18)22-21(24-26)23-20(27)15-4-5-15/h2-3,6-11,15H,4-5,12H2,1H3,(H,23,24,27). The first-order valence-electron chi connectivity index (χ1n) is 9.47. The van der Waals surface area contributed by atoms with E-state index in [4.69, 9.17) is 9.26 Å². The molecule has 0 radical (unpaired) electrons. The lowest BCUT2D eigenvalue weighted by molar-refractivity contribution is -0.117. The van der Waals surface area contributed by atoms with Crippen molar-refractivity contribution in [1.82, 2.24) is 19.8 Å². The minimum absolute atomic E-state index is 0.00809. The molecular weight excluding hydrogens is 370 g/mol. The van der Waals surface area contributed by atoms with E-state index in [2.05, 4.69) is 20.6 Å². The molecule has 5 rings (SSSR count). The number of anilines is 1. The number of nitrogens with zero attached hydrogens (tertiary/aromatic N) is 4. The Morgan fingerprint density at radius 1 is 1.28 bits per heavy atom. The Kier molecular flexibility index (Phi) is 4.23. The zero-order chi connectivity index (χ0) is 19.8. The van der Waals surface area contributed by atoms with Crippen molar-refractivity contribution >= 4 is 17.5 Å². The van der Waals surface area contributed by atoms with E-state index in [9.17, 15) is 4.79 Å². The summed E-state index contributed by atoms with van der Waals surface area (Å²) in [6.07, 6.45) is 3.69. The van der Waals surface area contributed by atoms with E-state index in [0.717, 1.165) is 41.2 Å². The van der Waals surface area contributed by atoms with Crippen LogP contribution >= 0.6 is 0 Å². The van der Waals surface area contributed by atoms with E-state index in [-0.39, 0.29) is 11.8 Å². The van der Waals surface area contributed by atoms with Crippen LogP contribution in [0.15, 0.2) is 53.2 Å². The highest BCUT2D eigenvalue weighted by molar-refractivity contribution is 5.93. The van der Waals surface area contributed by atoms with Crippen LogP contribution in [0.25, 0.3) is 16.8 Å². The van der Waals surface area contributed by atoms with Crippen molar-refractivity contribution in [2.24, 2.45) is 5.92 Å². The van der Waals surface area contributed by atoms with E-state index in [1.807, 2.05) is 55.6 Å². The van der Waals surface area contributed by atoms with Crippen molar-refractivity contribution in [2.45, 2.75) is 26.4 Å². The lowest BCUT2D eigenvalue weighted by Gasteiger charge is -2.06. The first-order valence-corrected chi connectivity index (χ1v) is 9.47. The number of benzene rings is 1. The monoisotopic (exact) mass is 389 g/mol. The van der Waals surface area contributed by atoms with Crippen molar-refractivity contribution in [1.29, 1.82) is 0 Å². The van der Waals surface area contributed by atoms with Gasteiger partial charge in [-0.2, -0.15) is 4.98 Å². The molecule has 8 heteroatoms. The molecule has 1 aliphatic carbocycles. The average Bonchev–Trinajstić information content (AvgIpc) is 3.38. The summed E-state index contributed by atoms with van der Waals surface area (Å²) in [6, 6.07) is 13.5. The van der Waals surface area contributed by atoms with Crippen molar-refractivity contribution in [2.75, 3.05) is 5.32 Å². The molecule has 1 aliphatic rings. The highest BCUT2D eigenvalue weighted by Crippen LogP contribution is 2.30. The van der Waals surface area contributed by atoms with Gasteiger partial charge in [-0.05, 0) is 49.6 Å². The molecule has 3 heterocycles. The van der Waals surface area contributed by atoms with E-state index in [1.54, 1.807) is 4.52 Å². The number of amides is 1. The van der Waals surface area contributed by atoms with Crippen molar-refractivity contribution in [3.63, 3.8) is 0 Å². The number of aromatic nitrogens is 4. The molecule has 146 valence electrons. The van der Waals surface area contributed by atoms with Gasteiger partial charge in [0.25, 0.3) is 0 Å². The summed E-state index contributed by atoms with van der Waals surface area (Å²) < 4.78 is 12.5. The SMILES string of the molecule is Cc1cc(COc2ccc(-c3cccn4nc(NC(=O)C5CC5)nc34)cc2)no1. The molecular formula is C21H19N5O3.